The van der Waals surface area contributed by atoms with Gasteiger partial charge in [-0.15, -0.1) is 0 Å². The maximum absolute atomic E-state index is 10.2. The van der Waals surface area contributed by atoms with E-state index in [1.807, 2.05) is 0 Å². The molecule has 0 bridgehead atoms. The van der Waals surface area contributed by atoms with Crippen LogP contribution >= 0.6 is 0 Å². The van der Waals surface area contributed by atoms with Crippen molar-refractivity contribution in [1.29, 1.82) is 0 Å². The van der Waals surface area contributed by atoms with Gasteiger partial charge in [0.15, 0.2) is 0 Å². The number of hydrogen-bond donors (Lipinski definition) is 2. The first-order chi connectivity index (χ1) is 5.56. The van der Waals surface area contributed by atoms with Crippen LogP contribution in [0.25, 0.3) is 0 Å². The lowest BCUT2D eigenvalue weighted by Crippen LogP contribution is -2.36. The summed E-state index contributed by atoms with van der Waals surface area (Å²) in [6.45, 7) is -0.491. The van der Waals surface area contributed by atoms with Gasteiger partial charge in [-0.25, -0.2) is 0 Å². The molecule has 6 heteroatoms. The summed E-state index contributed by atoms with van der Waals surface area (Å²) < 4.78 is 0. The lowest BCUT2D eigenvalue weighted by molar-refractivity contribution is -0.141. The molecule has 0 aliphatic heterocycles. The van der Waals surface area contributed by atoms with E-state index < -0.39 is 11.9 Å². The fourth-order valence-corrected chi connectivity index (χ4v) is 0.755. The Morgan fingerprint density at radius 3 is 1.83 bits per heavy atom. The molecule has 0 fully saturated rings. The van der Waals surface area contributed by atoms with Crippen LogP contribution in [0.15, 0.2) is 0 Å². The maximum Gasteiger partial charge on any atom is 0.317 e. The summed E-state index contributed by atoms with van der Waals surface area (Å²) in [6, 6.07) is 0. The van der Waals surface area contributed by atoms with Gasteiger partial charge in [-0.2, -0.15) is 0 Å². The molecule has 0 aliphatic carbocycles. The molecule has 69 valence electrons. The topological polar surface area (TPSA) is 102 Å². The average molecular weight is 175 g/mol. The second-order valence-corrected chi connectivity index (χ2v) is 2.25. The second-order valence-electron chi connectivity index (χ2n) is 2.25. The van der Waals surface area contributed by atoms with Crippen molar-refractivity contribution in [3.63, 3.8) is 0 Å². The third-order valence-electron chi connectivity index (χ3n) is 1.15. The van der Waals surface area contributed by atoms with Gasteiger partial charge in [-0.1, -0.05) is 0 Å². The number of nitrogens with one attached hydrogen (secondary N) is 1. The molecule has 3 N–H and O–H groups in total. The third-order valence-corrected chi connectivity index (χ3v) is 1.15. The quantitative estimate of drug-likeness (QED) is 0.524. The Labute approximate surface area is 69.6 Å². The zero-order valence-electron chi connectivity index (χ0n) is 6.49. The first-order valence-electron chi connectivity index (χ1n) is 3.36. The summed E-state index contributed by atoms with van der Waals surface area (Å²) in [5.41, 5.74) is 6.79. The number of rotatable bonds is 6. The van der Waals surface area contributed by atoms with Gasteiger partial charge in [0, 0.05) is 13.1 Å². The van der Waals surface area contributed by atoms with Gasteiger partial charge in [-0.3, -0.25) is 20.2 Å². The molecule has 0 aromatic carbocycles. The predicted molar refractivity (Wildman–Crippen MR) is 39.7 cm³/mol. The fourth-order valence-electron chi connectivity index (χ4n) is 0.755. The summed E-state index contributed by atoms with van der Waals surface area (Å²) in [6.07, 6.45) is 0. The zero-order valence-corrected chi connectivity index (χ0v) is 6.49. The molecular formula is C6H11N2O4. The highest BCUT2D eigenvalue weighted by atomic mass is 16.4. The summed E-state index contributed by atoms with van der Waals surface area (Å²) in [5, 5.41) is 16.7. The monoisotopic (exact) mass is 175 g/mol. The zero-order chi connectivity index (χ0) is 9.56. The lowest BCUT2D eigenvalue weighted by Gasteiger charge is -2.15. The molecule has 0 amide bonds. The van der Waals surface area contributed by atoms with E-state index in [1.165, 1.54) is 4.90 Å². The van der Waals surface area contributed by atoms with Crippen molar-refractivity contribution in [2.24, 2.45) is 0 Å². The molecule has 0 heterocycles. The molecule has 0 saturated carbocycles. The number of carboxylic acid groups (broad SMARTS) is 2. The van der Waals surface area contributed by atoms with E-state index in [0.29, 0.717) is 0 Å². The van der Waals surface area contributed by atoms with Crippen LogP contribution in [0.3, 0.4) is 0 Å². The van der Waals surface area contributed by atoms with E-state index in [0.717, 1.165) is 0 Å². The minimum atomic E-state index is -1.08. The van der Waals surface area contributed by atoms with Crippen LogP contribution < -0.4 is 5.73 Å². The van der Waals surface area contributed by atoms with E-state index in [-0.39, 0.29) is 26.2 Å². The molecule has 0 rings (SSSR count). The van der Waals surface area contributed by atoms with Gasteiger partial charge in [0.25, 0.3) is 0 Å². The number of aliphatic carboxylic acids is 2. The van der Waals surface area contributed by atoms with Crippen molar-refractivity contribution >= 4 is 11.9 Å². The summed E-state index contributed by atoms with van der Waals surface area (Å²) >= 11 is 0. The van der Waals surface area contributed by atoms with Gasteiger partial charge >= 0.3 is 11.9 Å². The van der Waals surface area contributed by atoms with Crippen molar-refractivity contribution in [2.45, 2.75) is 0 Å². The van der Waals surface area contributed by atoms with Crippen molar-refractivity contribution in [1.82, 2.24) is 10.6 Å². The highest BCUT2D eigenvalue weighted by molar-refractivity contribution is 5.72. The molecule has 0 saturated heterocycles. The highest BCUT2D eigenvalue weighted by Gasteiger charge is 2.11. The van der Waals surface area contributed by atoms with Crippen LogP contribution in [0.2, 0.25) is 0 Å². The van der Waals surface area contributed by atoms with Crippen molar-refractivity contribution in [2.75, 3.05) is 26.2 Å². The van der Waals surface area contributed by atoms with Crippen LogP contribution in [-0.4, -0.2) is 53.2 Å². The molecule has 0 aromatic rings. The molecule has 0 aromatic heterocycles. The summed E-state index contributed by atoms with van der Waals surface area (Å²) in [4.78, 5) is 21.5. The predicted octanol–water partition coefficient (Wildman–Crippen LogP) is -1.26. The standard InChI is InChI=1S/C6H11N2O4/c7-1-2-8(3-5(9)10)4-6(11)12/h7H,1-4H2,(H,9,10)(H,11,12). The third kappa shape index (κ3) is 5.63. The van der Waals surface area contributed by atoms with E-state index in [9.17, 15) is 9.59 Å². The van der Waals surface area contributed by atoms with Crippen LogP contribution in [0.5, 0.6) is 0 Å². The Hall–Kier alpha value is -1.14. The normalized spacial score (nSPS) is 10.2. The van der Waals surface area contributed by atoms with Crippen molar-refractivity contribution in [3.05, 3.63) is 0 Å². The Morgan fingerprint density at radius 1 is 1.17 bits per heavy atom. The van der Waals surface area contributed by atoms with Gasteiger partial charge in [0.2, 0.25) is 0 Å². The number of hydrogen-bond acceptors (Lipinski definition) is 3. The Bertz CT molecular complexity index is 155. The number of carbonyl (C=O) groups is 2. The van der Waals surface area contributed by atoms with E-state index >= 15 is 0 Å². The van der Waals surface area contributed by atoms with Gasteiger partial charge in [0.05, 0.1) is 13.1 Å². The van der Waals surface area contributed by atoms with E-state index in [2.05, 4.69) is 0 Å². The minimum Gasteiger partial charge on any atom is -0.480 e. The van der Waals surface area contributed by atoms with E-state index in [1.54, 1.807) is 0 Å². The van der Waals surface area contributed by atoms with Crippen molar-refractivity contribution < 1.29 is 19.8 Å². The minimum absolute atomic E-state index is 0.000556. The molecular weight excluding hydrogens is 164 g/mol. The number of nitrogens with zero attached hydrogens (tertiary/aromatic N) is 1. The summed E-state index contributed by atoms with van der Waals surface area (Å²) in [7, 11) is 0. The highest BCUT2D eigenvalue weighted by Crippen LogP contribution is 1.86. The van der Waals surface area contributed by atoms with E-state index in [4.69, 9.17) is 15.9 Å². The Morgan fingerprint density at radius 2 is 1.58 bits per heavy atom. The molecule has 0 aliphatic rings. The smallest absolute Gasteiger partial charge is 0.317 e. The molecule has 0 spiro atoms. The summed E-state index contributed by atoms with van der Waals surface area (Å²) in [5.74, 6) is -2.16. The second kappa shape index (κ2) is 5.50. The van der Waals surface area contributed by atoms with Gasteiger partial charge in [-0.05, 0) is 0 Å². The van der Waals surface area contributed by atoms with Gasteiger partial charge < -0.3 is 10.2 Å². The van der Waals surface area contributed by atoms with Crippen LogP contribution in [0.4, 0.5) is 0 Å². The molecule has 1 radical (unpaired) electrons. The van der Waals surface area contributed by atoms with Crippen molar-refractivity contribution in [3.8, 4) is 0 Å². The van der Waals surface area contributed by atoms with Gasteiger partial charge in [0.1, 0.15) is 0 Å². The Kier molecular flexibility index (Phi) is 4.98. The average Bonchev–Trinajstić information content (AvgIpc) is 1.84. The lowest BCUT2D eigenvalue weighted by atomic mass is 10.4. The molecule has 6 nitrogen and oxygen atoms in total. The first-order valence-corrected chi connectivity index (χ1v) is 3.36. The molecule has 0 atom stereocenters. The maximum atomic E-state index is 10.2. The molecule has 0 unspecified atom stereocenters. The number of carboxylic acids is 2. The van der Waals surface area contributed by atoms with Crippen LogP contribution in [0, 0.1) is 0 Å². The molecule has 12 heavy (non-hydrogen) atoms. The Balaban J connectivity index is 3.85. The SMILES string of the molecule is [NH]CCN(CC(=O)O)CC(=O)O. The van der Waals surface area contributed by atoms with Crippen LogP contribution in [-0.2, 0) is 9.59 Å². The fraction of sp³-hybridized carbons (Fsp3) is 0.667. The largest absolute Gasteiger partial charge is 0.480 e. The first kappa shape index (κ1) is 10.9. The van der Waals surface area contributed by atoms with Crippen LogP contribution in [0.1, 0.15) is 0 Å².